The van der Waals surface area contributed by atoms with Gasteiger partial charge in [0.2, 0.25) is 11.8 Å². The summed E-state index contributed by atoms with van der Waals surface area (Å²) >= 11 is 0. The first-order valence-electron chi connectivity index (χ1n) is 4.23. The highest BCUT2D eigenvalue weighted by Crippen LogP contribution is 2.04. The minimum absolute atomic E-state index is 0.0517. The van der Waals surface area contributed by atoms with Gasteiger partial charge in [-0.05, 0) is 6.92 Å². The molecule has 1 aliphatic rings. The van der Waals surface area contributed by atoms with E-state index in [1.165, 1.54) is 4.90 Å². The fraction of sp³-hybridized carbons (Fsp3) is 0.750. The number of rotatable bonds is 3. The van der Waals surface area contributed by atoms with E-state index in [4.69, 9.17) is 4.74 Å². The molecule has 1 heterocycles. The number of ether oxygens (including phenoxy) is 1. The van der Waals surface area contributed by atoms with E-state index in [0.29, 0.717) is 13.2 Å². The Hall–Kier alpha value is -1.10. The summed E-state index contributed by atoms with van der Waals surface area (Å²) in [4.78, 5) is 24.0. The molecule has 1 aliphatic heterocycles. The van der Waals surface area contributed by atoms with Crippen molar-refractivity contribution in [3.63, 3.8) is 0 Å². The van der Waals surface area contributed by atoms with Gasteiger partial charge in [-0.15, -0.1) is 0 Å². The van der Waals surface area contributed by atoms with E-state index in [1.54, 1.807) is 14.0 Å². The molecule has 0 bridgehead atoms. The van der Waals surface area contributed by atoms with Gasteiger partial charge in [-0.2, -0.15) is 0 Å². The van der Waals surface area contributed by atoms with E-state index >= 15 is 0 Å². The Morgan fingerprint density at radius 3 is 2.92 bits per heavy atom. The Kier molecular flexibility index (Phi) is 3.25. The summed E-state index contributed by atoms with van der Waals surface area (Å²) in [6.07, 6.45) is 0. The Bertz CT molecular complexity index is 217. The van der Waals surface area contributed by atoms with Gasteiger partial charge < -0.3 is 15.0 Å². The molecule has 0 saturated carbocycles. The summed E-state index contributed by atoms with van der Waals surface area (Å²) in [7, 11) is 1.57. The normalized spacial score (nSPS) is 23.2. The monoisotopic (exact) mass is 186 g/mol. The van der Waals surface area contributed by atoms with Gasteiger partial charge >= 0.3 is 0 Å². The van der Waals surface area contributed by atoms with Crippen molar-refractivity contribution in [3.8, 4) is 0 Å². The maximum absolute atomic E-state index is 11.3. The average Bonchev–Trinajstić information content (AvgIpc) is 2.12. The molecular weight excluding hydrogens is 172 g/mol. The largest absolute Gasteiger partial charge is 0.383 e. The first-order valence-corrected chi connectivity index (χ1v) is 4.23. The van der Waals surface area contributed by atoms with Crippen LogP contribution in [0.25, 0.3) is 0 Å². The van der Waals surface area contributed by atoms with Gasteiger partial charge in [0.25, 0.3) is 0 Å². The first kappa shape index (κ1) is 9.98. The van der Waals surface area contributed by atoms with E-state index < -0.39 is 0 Å². The van der Waals surface area contributed by atoms with Crippen LogP contribution >= 0.6 is 0 Å². The van der Waals surface area contributed by atoms with Crippen LogP contribution in [0, 0.1) is 0 Å². The zero-order chi connectivity index (χ0) is 9.84. The molecule has 0 aliphatic carbocycles. The van der Waals surface area contributed by atoms with Crippen molar-refractivity contribution in [2.45, 2.75) is 13.0 Å². The first-order chi connectivity index (χ1) is 6.16. The smallest absolute Gasteiger partial charge is 0.242 e. The average molecular weight is 186 g/mol. The van der Waals surface area contributed by atoms with Crippen molar-refractivity contribution < 1.29 is 14.3 Å². The van der Waals surface area contributed by atoms with Crippen LogP contribution in [0.15, 0.2) is 0 Å². The molecule has 0 aromatic heterocycles. The number of carbonyl (C=O) groups is 2. The molecule has 1 saturated heterocycles. The van der Waals surface area contributed by atoms with Gasteiger partial charge in [-0.3, -0.25) is 9.59 Å². The third kappa shape index (κ3) is 2.18. The van der Waals surface area contributed by atoms with Crippen LogP contribution in [0.5, 0.6) is 0 Å². The van der Waals surface area contributed by atoms with Gasteiger partial charge in [0.1, 0.15) is 6.04 Å². The van der Waals surface area contributed by atoms with Crippen molar-refractivity contribution in [2.24, 2.45) is 0 Å². The Morgan fingerprint density at radius 1 is 1.62 bits per heavy atom. The Morgan fingerprint density at radius 2 is 2.31 bits per heavy atom. The summed E-state index contributed by atoms with van der Waals surface area (Å²) in [5.41, 5.74) is 0. The summed E-state index contributed by atoms with van der Waals surface area (Å²) < 4.78 is 4.85. The molecule has 1 rings (SSSR count). The predicted molar refractivity (Wildman–Crippen MR) is 46.1 cm³/mol. The molecule has 0 aromatic rings. The van der Waals surface area contributed by atoms with E-state index in [0.717, 1.165) is 0 Å². The van der Waals surface area contributed by atoms with Crippen molar-refractivity contribution in [1.29, 1.82) is 0 Å². The second-order valence-electron chi connectivity index (χ2n) is 2.97. The maximum Gasteiger partial charge on any atom is 0.242 e. The van der Waals surface area contributed by atoms with Gasteiger partial charge in [-0.25, -0.2) is 0 Å². The van der Waals surface area contributed by atoms with Gasteiger partial charge in [0.05, 0.1) is 13.2 Å². The SMILES string of the molecule is COCCN1C(=O)CNC(=O)C1C. The van der Waals surface area contributed by atoms with Crippen LogP contribution in [-0.4, -0.2) is 49.6 Å². The quantitative estimate of drug-likeness (QED) is 0.613. The third-order valence-corrected chi connectivity index (χ3v) is 2.12. The van der Waals surface area contributed by atoms with E-state index in [1.807, 2.05) is 0 Å². The number of amides is 2. The zero-order valence-electron chi connectivity index (χ0n) is 7.87. The Balaban J connectivity index is 2.55. The summed E-state index contributed by atoms with van der Waals surface area (Å²) in [5.74, 6) is -0.153. The third-order valence-electron chi connectivity index (χ3n) is 2.12. The van der Waals surface area contributed by atoms with Crippen molar-refractivity contribution in [2.75, 3.05) is 26.8 Å². The number of nitrogens with one attached hydrogen (secondary N) is 1. The molecule has 5 nitrogen and oxygen atoms in total. The molecule has 1 fully saturated rings. The minimum Gasteiger partial charge on any atom is -0.383 e. The van der Waals surface area contributed by atoms with E-state index in [2.05, 4.69) is 5.32 Å². The molecule has 0 spiro atoms. The molecule has 1 unspecified atom stereocenters. The molecule has 1 atom stereocenters. The fourth-order valence-corrected chi connectivity index (χ4v) is 1.28. The van der Waals surface area contributed by atoms with Crippen molar-refractivity contribution in [1.82, 2.24) is 10.2 Å². The summed E-state index contributed by atoms with van der Waals surface area (Å²) in [6.45, 7) is 2.75. The summed E-state index contributed by atoms with van der Waals surface area (Å²) in [5, 5.41) is 2.52. The Labute approximate surface area is 77.0 Å². The minimum atomic E-state index is -0.378. The number of hydrogen-bond donors (Lipinski definition) is 1. The number of carbonyl (C=O) groups excluding carboxylic acids is 2. The number of nitrogens with zero attached hydrogens (tertiary/aromatic N) is 1. The number of methoxy groups -OCH3 is 1. The highest BCUT2D eigenvalue weighted by atomic mass is 16.5. The van der Waals surface area contributed by atoms with E-state index in [9.17, 15) is 9.59 Å². The van der Waals surface area contributed by atoms with Gasteiger partial charge in [-0.1, -0.05) is 0 Å². The summed E-state index contributed by atoms with van der Waals surface area (Å²) in [6, 6.07) is -0.378. The predicted octanol–water partition coefficient (Wildman–Crippen LogP) is -1.02. The van der Waals surface area contributed by atoms with Crippen LogP contribution in [0.3, 0.4) is 0 Å². The maximum atomic E-state index is 11.3. The fourth-order valence-electron chi connectivity index (χ4n) is 1.28. The molecule has 0 radical (unpaired) electrons. The number of hydrogen-bond acceptors (Lipinski definition) is 3. The van der Waals surface area contributed by atoms with Crippen molar-refractivity contribution >= 4 is 11.8 Å². The van der Waals surface area contributed by atoms with E-state index in [-0.39, 0.29) is 24.4 Å². The molecule has 74 valence electrons. The van der Waals surface area contributed by atoms with Crippen LogP contribution in [-0.2, 0) is 14.3 Å². The lowest BCUT2D eigenvalue weighted by Crippen LogP contribution is -2.57. The highest BCUT2D eigenvalue weighted by molar-refractivity contribution is 5.94. The lowest BCUT2D eigenvalue weighted by Gasteiger charge is -2.32. The second-order valence-corrected chi connectivity index (χ2v) is 2.97. The molecule has 5 heteroatoms. The van der Waals surface area contributed by atoms with Gasteiger partial charge in [0, 0.05) is 13.7 Å². The van der Waals surface area contributed by atoms with Crippen LogP contribution in [0.1, 0.15) is 6.92 Å². The number of piperazine rings is 1. The van der Waals surface area contributed by atoms with Crippen LogP contribution < -0.4 is 5.32 Å². The topological polar surface area (TPSA) is 58.6 Å². The molecular formula is C8H14N2O3. The molecule has 2 amide bonds. The molecule has 13 heavy (non-hydrogen) atoms. The standard InChI is InChI=1S/C8H14N2O3/c1-6-8(12)9-5-7(11)10(6)3-4-13-2/h6H,3-5H2,1-2H3,(H,9,12). The lowest BCUT2D eigenvalue weighted by molar-refractivity contribution is -0.145. The highest BCUT2D eigenvalue weighted by Gasteiger charge is 2.30. The molecule has 1 N–H and O–H groups in total. The van der Waals surface area contributed by atoms with Crippen LogP contribution in [0.4, 0.5) is 0 Å². The van der Waals surface area contributed by atoms with Crippen molar-refractivity contribution in [3.05, 3.63) is 0 Å². The van der Waals surface area contributed by atoms with Gasteiger partial charge in [0.15, 0.2) is 0 Å². The lowest BCUT2D eigenvalue weighted by atomic mass is 10.2. The zero-order valence-corrected chi connectivity index (χ0v) is 7.87. The van der Waals surface area contributed by atoms with Crippen LogP contribution in [0.2, 0.25) is 0 Å². The second kappa shape index (κ2) is 4.23. The molecule has 0 aromatic carbocycles.